The van der Waals surface area contributed by atoms with Gasteiger partial charge in [0.15, 0.2) is 9.84 Å². The third-order valence-corrected chi connectivity index (χ3v) is 6.59. The van der Waals surface area contributed by atoms with Crippen molar-refractivity contribution >= 4 is 21.8 Å². The second-order valence-corrected chi connectivity index (χ2v) is 8.75. The molecule has 0 fully saturated rings. The Morgan fingerprint density at radius 1 is 1.03 bits per heavy atom. The van der Waals surface area contributed by atoms with Crippen molar-refractivity contribution in [2.75, 3.05) is 6.54 Å². The van der Waals surface area contributed by atoms with E-state index < -0.39 is 15.1 Å². The average molecular weight is 407 g/mol. The average Bonchev–Trinajstić information content (AvgIpc) is 2.74. The summed E-state index contributed by atoms with van der Waals surface area (Å²) in [5, 5.41) is 1.77. The highest BCUT2D eigenvalue weighted by atomic mass is 32.2. The van der Waals surface area contributed by atoms with Crippen molar-refractivity contribution in [2.24, 2.45) is 0 Å². The van der Waals surface area contributed by atoms with Gasteiger partial charge in [0, 0.05) is 25.0 Å². The molecular weight excluding hydrogens is 384 g/mol. The maximum atomic E-state index is 13.2. The van der Waals surface area contributed by atoms with Crippen molar-refractivity contribution < 1.29 is 13.2 Å². The third-order valence-electron chi connectivity index (χ3n) is 4.47. The summed E-state index contributed by atoms with van der Waals surface area (Å²) >= 11 is 0. The predicted molar refractivity (Wildman–Crippen MR) is 114 cm³/mol. The molecule has 1 atom stereocenters. The number of hydrogen-bond donors (Lipinski definition) is 1. The van der Waals surface area contributed by atoms with Crippen molar-refractivity contribution in [1.82, 2.24) is 10.3 Å². The van der Waals surface area contributed by atoms with E-state index >= 15 is 0 Å². The van der Waals surface area contributed by atoms with Gasteiger partial charge < -0.3 is 5.32 Å². The van der Waals surface area contributed by atoms with Gasteiger partial charge in [0.1, 0.15) is 5.25 Å². The standard InChI is InChI=1S/C23H22N2O3S/c1-18-9-12-21(13-10-18)29(27,28)22(20-8-5-15-24-16-20)17-25-23(26)14-11-19-6-3-2-4-7-19/h2-16,22H,17H2,1H3,(H,25,26)/b14-11+/t22-/m0/s1. The van der Waals surface area contributed by atoms with Crippen molar-refractivity contribution in [3.63, 3.8) is 0 Å². The van der Waals surface area contributed by atoms with Crippen LogP contribution in [0.5, 0.6) is 0 Å². The van der Waals surface area contributed by atoms with Gasteiger partial charge in [0.2, 0.25) is 5.91 Å². The minimum absolute atomic E-state index is 0.0557. The molecule has 0 aliphatic heterocycles. The number of sulfone groups is 1. The van der Waals surface area contributed by atoms with Crippen LogP contribution in [0.4, 0.5) is 0 Å². The third kappa shape index (κ3) is 5.39. The van der Waals surface area contributed by atoms with Gasteiger partial charge in [-0.05, 0) is 42.3 Å². The lowest BCUT2D eigenvalue weighted by Crippen LogP contribution is -2.31. The number of nitrogens with zero attached hydrogens (tertiary/aromatic N) is 1. The van der Waals surface area contributed by atoms with Crippen LogP contribution in [0, 0.1) is 6.92 Å². The SMILES string of the molecule is Cc1ccc(S(=O)(=O)[C@@H](CNC(=O)/C=C/c2ccccc2)c2cccnc2)cc1. The van der Waals surface area contributed by atoms with E-state index in [0.29, 0.717) is 5.56 Å². The minimum atomic E-state index is -3.71. The molecule has 0 bridgehead atoms. The molecule has 1 amide bonds. The summed E-state index contributed by atoms with van der Waals surface area (Å²) < 4.78 is 26.5. The quantitative estimate of drug-likeness (QED) is 0.607. The molecule has 3 rings (SSSR count). The molecule has 1 aromatic heterocycles. The zero-order chi connectivity index (χ0) is 20.7. The fourth-order valence-electron chi connectivity index (χ4n) is 2.85. The first kappa shape index (κ1) is 20.5. The molecule has 0 saturated carbocycles. The lowest BCUT2D eigenvalue weighted by atomic mass is 10.2. The molecule has 0 aliphatic rings. The van der Waals surface area contributed by atoms with Gasteiger partial charge in [-0.15, -0.1) is 0 Å². The zero-order valence-corrected chi connectivity index (χ0v) is 16.8. The molecule has 6 heteroatoms. The Labute approximate surface area is 171 Å². The van der Waals surface area contributed by atoms with E-state index in [1.165, 1.54) is 12.3 Å². The Bertz CT molecular complexity index is 1080. The van der Waals surface area contributed by atoms with Gasteiger partial charge in [-0.1, -0.05) is 54.1 Å². The molecule has 0 radical (unpaired) electrons. The molecule has 2 aromatic carbocycles. The van der Waals surface area contributed by atoms with Crippen LogP contribution < -0.4 is 5.32 Å². The van der Waals surface area contributed by atoms with Gasteiger partial charge in [0.25, 0.3) is 0 Å². The number of nitrogens with one attached hydrogen (secondary N) is 1. The van der Waals surface area contributed by atoms with Gasteiger partial charge in [-0.3, -0.25) is 9.78 Å². The molecule has 5 nitrogen and oxygen atoms in total. The van der Waals surface area contributed by atoms with E-state index in [2.05, 4.69) is 10.3 Å². The van der Waals surface area contributed by atoms with Crippen LogP contribution in [0.1, 0.15) is 21.9 Å². The summed E-state index contributed by atoms with van der Waals surface area (Å²) in [4.78, 5) is 16.5. The van der Waals surface area contributed by atoms with Crippen LogP contribution >= 0.6 is 0 Å². The molecule has 0 aliphatic carbocycles. The fraction of sp³-hybridized carbons (Fsp3) is 0.130. The highest BCUT2D eigenvalue weighted by Gasteiger charge is 2.29. The first-order valence-corrected chi connectivity index (χ1v) is 10.7. The molecule has 29 heavy (non-hydrogen) atoms. The first-order chi connectivity index (χ1) is 14.0. The van der Waals surface area contributed by atoms with Gasteiger partial charge in [-0.2, -0.15) is 0 Å². The molecule has 0 unspecified atom stereocenters. The van der Waals surface area contributed by atoms with E-state index in [4.69, 9.17) is 0 Å². The Morgan fingerprint density at radius 3 is 2.41 bits per heavy atom. The van der Waals surface area contributed by atoms with E-state index in [-0.39, 0.29) is 17.3 Å². The van der Waals surface area contributed by atoms with Crippen molar-refractivity contribution in [2.45, 2.75) is 17.1 Å². The summed E-state index contributed by atoms with van der Waals surface area (Å²) in [6.45, 7) is 1.84. The van der Waals surface area contributed by atoms with Crippen molar-refractivity contribution in [1.29, 1.82) is 0 Å². The maximum Gasteiger partial charge on any atom is 0.244 e. The number of amides is 1. The smallest absolute Gasteiger partial charge is 0.244 e. The molecule has 0 spiro atoms. The molecule has 0 saturated heterocycles. The van der Waals surface area contributed by atoms with E-state index in [9.17, 15) is 13.2 Å². The number of carbonyl (C=O) groups excluding carboxylic acids is 1. The summed E-state index contributed by atoms with van der Waals surface area (Å²) in [5.41, 5.74) is 2.39. The summed E-state index contributed by atoms with van der Waals surface area (Å²) in [7, 11) is -3.71. The van der Waals surface area contributed by atoms with Gasteiger partial charge in [0.05, 0.1) is 4.90 Å². The normalized spacial score (nSPS) is 12.6. The molecule has 1 heterocycles. The first-order valence-electron chi connectivity index (χ1n) is 9.18. The second kappa shape index (κ2) is 9.30. The Hall–Kier alpha value is -3.25. The highest BCUT2D eigenvalue weighted by Crippen LogP contribution is 2.28. The highest BCUT2D eigenvalue weighted by molar-refractivity contribution is 7.91. The number of aromatic nitrogens is 1. The van der Waals surface area contributed by atoms with Crippen molar-refractivity contribution in [3.8, 4) is 0 Å². The topological polar surface area (TPSA) is 76.1 Å². The largest absolute Gasteiger partial charge is 0.351 e. The van der Waals surface area contributed by atoms with Crippen LogP contribution in [0.25, 0.3) is 6.08 Å². The molecule has 148 valence electrons. The monoisotopic (exact) mass is 406 g/mol. The number of carbonyl (C=O) groups is 1. The van der Waals surface area contributed by atoms with Gasteiger partial charge >= 0.3 is 0 Å². The molecule has 3 aromatic rings. The zero-order valence-electron chi connectivity index (χ0n) is 16.0. The number of benzene rings is 2. The number of aryl methyl sites for hydroxylation is 1. The number of pyridine rings is 1. The summed E-state index contributed by atoms with van der Waals surface area (Å²) in [6.07, 6.45) is 6.18. The molecule has 1 N–H and O–H groups in total. The Kier molecular flexibility index (Phi) is 6.57. The second-order valence-electron chi connectivity index (χ2n) is 6.62. The fourth-order valence-corrected chi connectivity index (χ4v) is 4.50. The Balaban J connectivity index is 1.80. The predicted octanol–water partition coefficient (Wildman–Crippen LogP) is 3.73. The Morgan fingerprint density at radius 2 is 1.76 bits per heavy atom. The summed E-state index contributed by atoms with van der Waals surface area (Å²) in [6, 6.07) is 19.5. The van der Waals surface area contributed by atoms with Crippen molar-refractivity contribution in [3.05, 3.63) is 102 Å². The van der Waals surface area contributed by atoms with Crippen LogP contribution in [-0.2, 0) is 14.6 Å². The van der Waals surface area contributed by atoms with Gasteiger partial charge in [-0.25, -0.2) is 8.42 Å². The van der Waals surface area contributed by atoms with E-state index in [1.54, 1.807) is 48.7 Å². The lowest BCUT2D eigenvalue weighted by Gasteiger charge is -2.18. The number of rotatable bonds is 7. The van der Waals surface area contributed by atoms with Crippen LogP contribution in [0.2, 0.25) is 0 Å². The van der Waals surface area contributed by atoms with E-state index in [0.717, 1.165) is 11.1 Å². The minimum Gasteiger partial charge on any atom is -0.351 e. The number of hydrogen-bond acceptors (Lipinski definition) is 4. The molecular formula is C23H22N2O3S. The van der Waals surface area contributed by atoms with Crippen LogP contribution in [0.3, 0.4) is 0 Å². The van der Waals surface area contributed by atoms with Crippen LogP contribution in [0.15, 0.2) is 90.1 Å². The lowest BCUT2D eigenvalue weighted by molar-refractivity contribution is -0.116. The maximum absolute atomic E-state index is 13.2. The van der Waals surface area contributed by atoms with Crippen LogP contribution in [-0.4, -0.2) is 25.9 Å². The van der Waals surface area contributed by atoms with E-state index in [1.807, 2.05) is 37.3 Å². The summed E-state index contributed by atoms with van der Waals surface area (Å²) in [5.74, 6) is -0.359.